The van der Waals surface area contributed by atoms with Crippen molar-refractivity contribution >= 4 is 33.1 Å². The number of ketones is 2. The second kappa shape index (κ2) is 16.6. The van der Waals surface area contributed by atoms with Crippen molar-refractivity contribution in [3.8, 4) is 57.5 Å². The predicted molar refractivity (Wildman–Crippen MR) is 217 cm³/mol. The van der Waals surface area contributed by atoms with Gasteiger partial charge in [0.1, 0.15) is 57.5 Å². The van der Waals surface area contributed by atoms with Gasteiger partial charge in [0.25, 0.3) is 0 Å². The summed E-state index contributed by atoms with van der Waals surface area (Å²) >= 11 is 0. The van der Waals surface area contributed by atoms with Crippen LogP contribution < -0.4 is 18.9 Å². The third kappa shape index (κ3) is 9.50. The monoisotopic (exact) mass is 740 g/mol. The Morgan fingerprint density at radius 3 is 0.768 bits per heavy atom. The van der Waals surface area contributed by atoms with Gasteiger partial charge < -0.3 is 29.2 Å². The van der Waals surface area contributed by atoms with E-state index in [2.05, 4.69) is 0 Å². The molecule has 0 saturated heterocycles. The van der Waals surface area contributed by atoms with Gasteiger partial charge in [0, 0.05) is 11.1 Å². The number of Topliss-reactive ketones (excluding diaryl/α,β-unsaturated/α-hetero) is 2. The van der Waals surface area contributed by atoms with E-state index in [1.54, 1.807) is 111 Å². The first-order chi connectivity index (χ1) is 27.1. The van der Waals surface area contributed by atoms with Gasteiger partial charge in [-0.1, -0.05) is 24.3 Å². The number of benzene rings is 8. The van der Waals surface area contributed by atoms with Crippen molar-refractivity contribution in [3.05, 3.63) is 181 Å². The van der Waals surface area contributed by atoms with E-state index in [-0.39, 0.29) is 23.1 Å². The lowest BCUT2D eigenvalue weighted by Gasteiger charge is -2.10. The zero-order chi connectivity index (χ0) is 39.0. The Kier molecular flexibility index (Phi) is 10.9. The average Bonchev–Trinajstić information content (AvgIpc) is 3.20. The quantitative estimate of drug-likeness (QED) is 0.133. The van der Waals surface area contributed by atoms with Crippen molar-refractivity contribution in [1.82, 2.24) is 0 Å². The maximum absolute atomic E-state index is 11.4. The molecule has 8 heteroatoms. The minimum Gasteiger partial charge on any atom is -0.508 e. The number of ether oxygens (including phenoxy) is 4. The van der Waals surface area contributed by atoms with Crippen LogP contribution in [0.1, 0.15) is 34.6 Å². The standard InChI is InChI=1S/C26H20O4.C22H16O4/c1-17(27)19-3-9-23(10-4-19)29-25-13-7-22-16-26(14-8-21(22)15-25)30-24-11-5-20(6-12-24)18(2)28;23-17-3-9-19(10-4-17)25-21-7-1-15-13-22(8-2-16(15)14-21)26-20-11-5-18(24)6-12-20/h3-16H,1-2H3;1-14,23-24H. The first-order valence-corrected chi connectivity index (χ1v) is 17.7. The van der Waals surface area contributed by atoms with Crippen LogP contribution in [-0.4, -0.2) is 21.8 Å². The summed E-state index contributed by atoms with van der Waals surface area (Å²) in [6.07, 6.45) is 0. The van der Waals surface area contributed by atoms with Crippen molar-refractivity contribution in [2.75, 3.05) is 0 Å². The molecule has 0 bridgehead atoms. The molecule has 0 aromatic heterocycles. The fraction of sp³-hybridized carbons (Fsp3) is 0.0417. The highest BCUT2D eigenvalue weighted by Gasteiger charge is 2.07. The number of rotatable bonds is 10. The largest absolute Gasteiger partial charge is 0.508 e. The van der Waals surface area contributed by atoms with Gasteiger partial charge >= 0.3 is 0 Å². The number of carbonyl (C=O) groups excluding carboxylic acids is 2. The van der Waals surface area contributed by atoms with Gasteiger partial charge in [0.2, 0.25) is 0 Å². The molecule has 0 aliphatic carbocycles. The lowest BCUT2D eigenvalue weighted by Crippen LogP contribution is -1.92. The smallest absolute Gasteiger partial charge is 0.159 e. The van der Waals surface area contributed by atoms with Crippen LogP contribution in [0.25, 0.3) is 21.5 Å². The normalized spacial score (nSPS) is 10.6. The molecule has 8 rings (SSSR count). The van der Waals surface area contributed by atoms with E-state index < -0.39 is 0 Å². The molecule has 8 aromatic rings. The van der Waals surface area contributed by atoms with Gasteiger partial charge in [-0.3, -0.25) is 9.59 Å². The number of fused-ring (bicyclic) bond motifs is 2. The first kappa shape index (κ1) is 36.8. The molecule has 56 heavy (non-hydrogen) atoms. The number of phenolic OH excluding ortho intramolecular Hbond substituents is 2. The summed E-state index contributed by atoms with van der Waals surface area (Å²) in [6, 6.07) is 50.6. The Balaban J connectivity index is 0.000000173. The number of hydrogen-bond donors (Lipinski definition) is 2. The van der Waals surface area contributed by atoms with E-state index in [9.17, 15) is 19.8 Å². The van der Waals surface area contributed by atoms with Gasteiger partial charge in [-0.15, -0.1) is 0 Å². The fourth-order valence-corrected chi connectivity index (χ4v) is 5.75. The van der Waals surface area contributed by atoms with Crippen LogP contribution in [0.5, 0.6) is 57.5 Å². The van der Waals surface area contributed by atoms with Crippen LogP contribution in [0, 0.1) is 0 Å². The Hall–Kier alpha value is -7.58. The predicted octanol–water partition coefficient (Wildman–Crippen LogP) is 12.7. The molecule has 8 nitrogen and oxygen atoms in total. The summed E-state index contributed by atoms with van der Waals surface area (Å²) < 4.78 is 23.4. The van der Waals surface area contributed by atoms with Crippen molar-refractivity contribution in [3.63, 3.8) is 0 Å². The van der Waals surface area contributed by atoms with Gasteiger partial charge in [-0.25, -0.2) is 0 Å². The molecule has 0 atom stereocenters. The van der Waals surface area contributed by atoms with Crippen molar-refractivity contribution in [2.45, 2.75) is 13.8 Å². The molecule has 8 aromatic carbocycles. The first-order valence-electron chi connectivity index (χ1n) is 17.7. The Morgan fingerprint density at radius 1 is 0.321 bits per heavy atom. The summed E-state index contributed by atoms with van der Waals surface area (Å²) in [5.41, 5.74) is 1.31. The molecule has 0 heterocycles. The molecule has 276 valence electrons. The van der Waals surface area contributed by atoms with Crippen LogP contribution in [0.3, 0.4) is 0 Å². The lowest BCUT2D eigenvalue weighted by molar-refractivity contribution is 0.100. The molecular weight excluding hydrogens is 705 g/mol. The van der Waals surface area contributed by atoms with Crippen molar-refractivity contribution in [2.24, 2.45) is 0 Å². The molecule has 0 radical (unpaired) electrons. The SMILES string of the molecule is CC(=O)c1ccc(Oc2ccc3cc(Oc4ccc(C(C)=O)cc4)ccc3c2)cc1.Oc1ccc(Oc2ccc3cc(Oc4ccc(O)cc4)ccc3c2)cc1. The highest BCUT2D eigenvalue weighted by molar-refractivity contribution is 5.94. The summed E-state index contributed by atoms with van der Waals surface area (Å²) in [5.74, 6) is 6.00. The fourth-order valence-electron chi connectivity index (χ4n) is 5.75. The van der Waals surface area contributed by atoms with Crippen LogP contribution in [0.15, 0.2) is 170 Å². The highest BCUT2D eigenvalue weighted by atomic mass is 16.5. The molecule has 0 aliphatic rings. The van der Waals surface area contributed by atoms with Crippen LogP contribution in [0.2, 0.25) is 0 Å². The molecule has 0 fully saturated rings. The van der Waals surface area contributed by atoms with Crippen molar-refractivity contribution < 1.29 is 38.7 Å². The van der Waals surface area contributed by atoms with Crippen LogP contribution in [-0.2, 0) is 0 Å². The van der Waals surface area contributed by atoms with Gasteiger partial charge in [0.05, 0.1) is 0 Å². The lowest BCUT2D eigenvalue weighted by atomic mass is 10.1. The Bertz CT molecular complexity index is 2450. The Labute approximate surface area is 323 Å². The van der Waals surface area contributed by atoms with Crippen molar-refractivity contribution in [1.29, 1.82) is 0 Å². The molecule has 0 unspecified atom stereocenters. The minimum atomic E-state index is 0.0278. The summed E-state index contributed by atoms with van der Waals surface area (Å²) in [7, 11) is 0. The summed E-state index contributed by atoms with van der Waals surface area (Å²) in [4.78, 5) is 22.8. The molecule has 0 amide bonds. The highest BCUT2D eigenvalue weighted by Crippen LogP contribution is 2.32. The zero-order valence-electron chi connectivity index (χ0n) is 30.5. The number of hydrogen-bond acceptors (Lipinski definition) is 8. The van der Waals surface area contributed by atoms with Gasteiger partial charge in [-0.05, 0) is 181 Å². The third-order valence-electron chi connectivity index (χ3n) is 8.70. The van der Waals surface area contributed by atoms with E-state index in [0.717, 1.165) is 33.0 Å². The Morgan fingerprint density at radius 2 is 0.536 bits per heavy atom. The number of aromatic hydroxyl groups is 2. The van der Waals surface area contributed by atoms with E-state index in [1.807, 2.05) is 72.8 Å². The van der Waals surface area contributed by atoms with Crippen LogP contribution >= 0.6 is 0 Å². The number of phenols is 2. The third-order valence-corrected chi connectivity index (χ3v) is 8.70. The molecular formula is C48H36O8. The van der Waals surface area contributed by atoms with E-state index >= 15 is 0 Å². The van der Waals surface area contributed by atoms with E-state index in [4.69, 9.17) is 18.9 Å². The number of carbonyl (C=O) groups is 2. The van der Waals surface area contributed by atoms with E-state index in [1.165, 1.54) is 0 Å². The second-order valence-electron chi connectivity index (χ2n) is 12.9. The van der Waals surface area contributed by atoms with Gasteiger partial charge in [0.15, 0.2) is 11.6 Å². The van der Waals surface area contributed by atoms with Crippen LogP contribution in [0.4, 0.5) is 0 Å². The molecule has 0 aliphatic heterocycles. The minimum absolute atomic E-state index is 0.0278. The van der Waals surface area contributed by atoms with Gasteiger partial charge in [-0.2, -0.15) is 0 Å². The zero-order valence-corrected chi connectivity index (χ0v) is 30.5. The summed E-state index contributed by atoms with van der Waals surface area (Å²) in [6.45, 7) is 3.08. The average molecular weight is 741 g/mol. The summed E-state index contributed by atoms with van der Waals surface area (Å²) in [5, 5.41) is 22.8. The van der Waals surface area contributed by atoms with E-state index in [0.29, 0.717) is 45.6 Å². The maximum Gasteiger partial charge on any atom is 0.159 e. The topological polar surface area (TPSA) is 112 Å². The molecule has 2 N–H and O–H groups in total. The molecule has 0 saturated carbocycles. The maximum atomic E-state index is 11.4. The molecule has 0 spiro atoms. The second-order valence-corrected chi connectivity index (χ2v) is 12.9.